The highest BCUT2D eigenvalue weighted by Gasteiger charge is 2.33. The molecule has 2 rings (SSSR count). The second kappa shape index (κ2) is 6.92. The number of hydrogen-bond acceptors (Lipinski definition) is 3. The topological polar surface area (TPSA) is 81.1 Å². The van der Waals surface area contributed by atoms with Crippen molar-refractivity contribution in [2.24, 2.45) is 5.92 Å². The van der Waals surface area contributed by atoms with Crippen molar-refractivity contribution in [2.45, 2.75) is 44.6 Å². The van der Waals surface area contributed by atoms with E-state index in [0.29, 0.717) is 32.4 Å². The Morgan fingerprint density at radius 3 is 2.35 bits per heavy atom. The van der Waals surface area contributed by atoms with Gasteiger partial charge in [-0.05, 0) is 38.5 Å². The summed E-state index contributed by atoms with van der Waals surface area (Å²) in [7, 11) is 0. The van der Waals surface area contributed by atoms with Crippen LogP contribution < -0.4 is 0 Å². The number of aliphatic hydroxyl groups excluding tert-OH is 1. The van der Waals surface area contributed by atoms with E-state index in [9.17, 15) is 9.59 Å². The smallest absolute Gasteiger partial charge is 0.320 e. The first-order chi connectivity index (χ1) is 9.63. The lowest BCUT2D eigenvalue weighted by atomic mass is 9.96. The van der Waals surface area contributed by atoms with E-state index in [2.05, 4.69) is 0 Å². The van der Waals surface area contributed by atoms with Gasteiger partial charge < -0.3 is 20.0 Å². The first kappa shape index (κ1) is 15.1. The fourth-order valence-corrected chi connectivity index (χ4v) is 3.20. The van der Waals surface area contributed by atoms with Crippen LogP contribution in [-0.4, -0.2) is 64.3 Å². The Hall–Kier alpha value is -1.30. The van der Waals surface area contributed by atoms with Crippen LogP contribution in [0, 0.1) is 5.92 Å². The van der Waals surface area contributed by atoms with Gasteiger partial charge in [0.25, 0.3) is 0 Å². The van der Waals surface area contributed by atoms with Crippen LogP contribution in [0.25, 0.3) is 0 Å². The molecule has 0 radical (unpaired) electrons. The molecule has 0 spiro atoms. The number of carbonyl (C=O) groups excluding carboxylic acids is 1. The van der Waals surface area contributed by atoms with Gasteiger partial charge in [-0.15, -0.1) is 0 Å². The predicted molar refractivity (Wildman–Crippen MR) is 73.4 cm³/mol. The summed E-state index contributed by atoms with van der Waals surface area (Å²) in [5, 5.41) is 18.1. The van der Waals surface area contributed by atoms with E-state index in [1.54, 1.807) is 4.90 Å². The van der Waals surface area contributed by atoms with Crippen molar-refractivity contribution in [2.75, 3.05) is 26.2 Å². The van der Waals surface area contributed by atoms with Crippen molar-refractivity contribution in [1.82, 2.24) is 9.80 Å². The van der Waals surface area contributed by atoms with Crippen molar-refractivity contribution in [3.63, 3.8) is 0 Å². The van der Waals surface area contributed by atoms with Gasteiger partial charge in [0, 0.05) is 32.3 Å². The van der Waals surface area contributed by atoms with E-state index in [-0.39, 0.29) is 24.6 Å². The van der Waals surface area contributed by atoms with Crippen LogP contribution in [0.1, 0.15) is 38.5 Å². The average Bonchev–Trinajstić information content (AvgIpc) is 2.47. The maximum Gasteiger partial charge on any atom is 0.320 e. The summed E-state index contributed by atoms with van der Waals surface area (Å²) >= 11 is 0. The molecule has 1 unspecified atom stereocenters. The minimum absolute atomic E-state index is 0.0204. The van der Waals surface area contributed by atoms with E-state index < -0.39 is 5.97 Å². The quantitative estimate of drug-likeness (QED) is 0.814. The number of hydrogen-bond donors (Lipinski definition) is 2. The summed E-state index contributed by atoms with van der Waals surface area (Å²) in [6.07, 6.45) is 4.79. The Kier molecular flexibility index (Phi) is 5.23. The van der Waals surface area contributed by atoms with Crippen LogP contribution in [0.4, 0.5) is 4.79 Å². The van der Waals surface area contributed by atoms with Crippen LogP contribution in [0.5, 0.6) is 0 Å². The highest BCUT2D eigenvalue weighted by Crippen LogP contribution is 2.24. The first-order valence-corrected chi connectivity index (χ1v) is 7.52. The monoisotopic (exact) mass is 284 g/mol. The second-order valence-electron chi connectivity index (χ2n) is 5.74. The zero-order chi connectivity index (χ0) is 14.5. The molecule has 0 aromatic carbocycles. The van der Waals surface area contributed by atoms with E-state index in [1.807, 2.05) is 4.90 Å². The minimum atomic E-state index is -0.756. The molecular formula is C14H24N2O4. The lowest BCUT2D eigenvalue weighted by molar-refractivity contribution is -0.143. The van der Waals surface area contributed by atoms with Gasteiger partial charge in [0.05, 0.1) is 5.92 Å². The SMILES string of the molecule is O=C(O)C1CCN(C(=O)N2CCCCC2CCO)CC1. The molecule has 114 valence electrons. The zero-order valence-corrected chi connectivity index (χ0v) is 11.8. The molecule has 2 heterocycles. The minimum Gasteiger partial charge on any atom is -0.481 e. The van der Waals surface area contributed by atoms with Gasteiger partial charge >= 0.3 is 12.0 Å². The molecule has 1 atom stereocenters. The summed E-state index contributed by atoms with van der Waals surface area (Å²) in [6.45, 7) is 1.91. The van der Waals surface area contributed by atoms with Crippen LogP contribution >= 0.6 is 0 Å². The van der Waals surface area contributed by atoms with Gasteiger partial charge in [-0.25, -0.2) is 4.79 Å². The Balaban J connectivity index is 1.91. The third-order valence-corrected chi connectivity index (χ3v) is 4.45. The maximum atomic E-state index is 12.5. The predicted octanol–water partition coefficient (Wildman–Crippen LogP) is 1.14. The molecule has 2 amide bonds. The normalized spacial score (nSPS) is 24.8. The molecule has 2 fully saturated rings. The van der Waals surface area contributed by atoms with E-state index in [4.69, 9.17) is 10.2 Å². The molecule has 0 aromatic heterocycles. The molecule has 0 aliphatic carbocycles. The fraction of sp³-hybridized carbons (Fsp3) is 0.857. The molecule has 2 aliphatic heterocycles. The summed E-state index contributed by atoms with van der Waals surface area (Å²) in [6, 6.07) is 0.158. The van der Waals surface area contributed by atoms with Crippen molar-refractivity contribution in [3.8, 4) is 0 Å². The van der Waals surface area contributed by atoms with Crippen LogP contribution in [-0.2, 0) is 4.79 Å². The molecule has 2 saturated heterocycles. The first-order valence-electron chi connectivity index (χ1n) is 7.52. The number of nitrogens with zero attached hydrogens (tertiary/aromatic N) is 2. The van der Waals surface area contributed by atoms with Gasteiger partial charge in [0.15, 0.2) is 0 Å². The molecule has 0 bridgehead atoms. The number of piperidine rings is 2. The third-order valence-electron chi connectivity index (χ3n) is 4.45. The van der Waals surface area contributed by atoms with Gasteiger partial charge in [-0.3, -0.25) is 4.79 Å². The Labute approximate surface area is 119 Å². The van der Waals surface area contributed by atoms with Crippen LogP contribution in [0.3, 0.4) is 0 Å². The summed E-state index contributed by atoms with van der Waals surface area (Å²) in [4.78, 5) is 27.1. The molecule has 2 N–H and O–H groups in total. The lowest BCUT2D eigenvalue weighted by Gasteiger charge is -2.40. The number of carboxylic acids is 1. The molecule has 2 aliphatic rings. The van der Waals surface area contributed by atoms with Crippen LogP contribution in [0.2, 0.25) is 0 Å². The van der Waals surface area contributed by atoms with Gasteiger partial charge in [0.1, 0.15) is 0 Å². The highest BCUT2D eigenvalue weighted by molar-refractivity contribution is 5.76. The van der Waals surface area contributed by atoms with Crippen molar-refractivity contribution < 1.29 is 19.8 Å². The lowest BCUT2D eigenvalue weighted by Crippen LogP contribution is -2.52. The van der Waals surface area contributed by atoms with Crippen molar-refractivity contribution in [3.05, 3.63) is 0 Å². The number of amides is 2. The fourth-order valence-electron chi connectivity index (χ4n) is 3.20. The Bertz CT molecular complexity index is 351. The van der Waals surface area contributed by atoms with Gasteiger partial charge in [-0.2, -0.15) is 0 Å². The maximum absolute atomic E-state index is 12.5. The van der Waals surface area contributed by atoms with E-state index in [0.717, 1.165) is 25.8 Å². The molecule has 6 nitrogen and oxygen atoms in total. The summed E-state index contributed by atoms with van der Waals surface area (Å²) in [5.74, 6) is -1.07. The number of urea groups is 1. The molecule has 20 heavy (non-hydrogen) atoms. The molecule has 0 aromatic rings. The largest absolute Gasteiger partial charge is 0.481 e. The number of carboxylic acid groups (broad SMARTS) is 1. The van der Waals surface area contributed by atoms with E-state index in [1.165, 1.54) is 0 Å². The van der Waals surface area contributed by atoms with Gasteiger partial charge in [0.2, 0.25) is 0 Å². The molecular weight excluding hydrogens is 260 g/mol. The second-order valence-corrected chi connectivity index (χ2v) is 5.74. The number of carbonyl (C=O) groups is 2. The number of aliphatic hydroxyl groups is 1. The van der Waals surface area contributed by atoms with Crippen LogP contribution in [0.15, 0.2) is 0 Å². The van der Waals surface area contributed by atoms with Gasteiger partial charge in [-0.1, -0.05) is 0 Å². The summed E-state index contributed by atoms with van der Waals surface area (Å²) in [5.41, 5.74) is 0. The zero-order valence-electron chi connectivity index (χ0n) is 11.8. The third kappa shape index (κ3) is 3.42. The Morgan fingerprint density at radius 1 is 1.05 bits per heavy atom. The molecule has 6 heteroatoms. The summed E-state index contributed by atoms with van der Waals surface area (Å²) < 4.78 is 0. The highest BCUT2D eigenvalue weighted by atomic mass is 16.4. The molecule has 0 saturated carbocycles. The number of rotatable bonds is 3. The Morgan fingerprint density at radius 2 is 1.75 bits per heavy atom. The van der Waals surface area contributed by atoms with E-state index >= 15 is 0 Å². The standard InChI is InChI=1S/C14H24N2O4/c17-10-6-12-3-1-2-7-16(12)14(20)15-8-4-11(5-9-15)13(18)19/h11-12,17H,1-10H2,(H,18,19). The van der Waals surface area contributed by atoms with Crippen molar-refractivity contribution in [1.29, 1.82) is 0 Å². The number of aliphatic carboxylic acids is 1. The van der Waals surface area contributed by atoms with Crippen molar-refractivity contribution >= 4 is 12.0 Å². The number of likely N-dealkylation sites (tertiary alicyclic amines) is 2. The average molecular weight is 284 g/mol.